The predicted molar refractivity (Wildman–Crippen MR) is 80.8 cm³/mol. The minimum absolute atomic E-state index is 0.192. The number of rotatable bonds is 6. The third-order valence-corrected chi connectivity index (χ3v) is 3.47. The lowest BCUT2D eigenvalue weighted by atomic mass is 10.1. The van der Waals surface area contributed by atoms with Crippen molar-refractivity contribution < 1.29 is 8.78 Å². The number of hydrogen-bond acceptors (Lipinski definition) is 4. The molecule has 0 aliphatic carbocycles. The van der Waals surface area contributed by atoms with Crippen LogP contribution in [0.4, 0.5) is 8.78 Å². The van der Waals surface area contributed by atoms with Crippen LogP contribution in [0.5, 0.6) is 0 Å². The lowest BCUT2D eigenvalue weighted by molar-refractivity contribution is 0.472. The number of imidazole rings is 1. The van der Waals surface area contributed by atoms with Gasteiger partial charge in [-0.25, -0.2) is 24.3 Å². The minimum atomic E-state index is -0.430. The second-order valence-corrected chi connectivity index (χ2v) is 5.00. The third-order valence-electron chi connectivity index (χ3n) is 3.47. The summed E-state index contributed by atoms with van der Waals surface area (Å²) in [6.07, 6.45) is 8.98. The van der Waals surface area contributed by atoms with Crippen molar-refractivity contribution in [3.63, 3.8) is 0 Å². The zero-order valence-corrected chi connectivity index (χ0v) is 12.4. The van der Waals surface area contributed by atoms with Gasteiger partial charge >= 0.3 is 0 Å². The molecule has 3 heterocycles. The molecule has 0 N–H and O–H groups in total. The van der Waals surface area contributed by atoms with Crippen LogP contribution in [0, 0.1) is 5.82 Å². The fourth-order valence-electron chi connectivity index (χ4n) is 2.36. The highest BCUT2D eigenvalue weighted by atomic mass is 19.1. The van der Waals surface area contributed by atoms with Crippen molar-refractivity contribution in [2.75, 3.05) is 6.67 Å². The van der Waals surface area contributed by atoms with Gasteiger partial charge in [0.15, 0.2) is 11.6 Å². The minimum Gasteiger partial charge on any atom is -0.324 e. The van der Waals surface area contributed by atoms with E-state index in [0.717, 1.165) is 11.3 Å². The molecule has 0 spiro atoms. The average molecular weight is 315 g/mol. The van der Waals surface area contributed by atoms with Crippen molar-refractivity contribution >= 4 is 0 Å². The van der Waals surface area contributed by atoms with E-state index in [9.17, 15) is 8.78 Å². The Bertz CT molecular complexity index is 787. The van der Waals surface area contributed by atoms with Gasteiger partial charge in [0.05, 0.1) is 18.9 Å². The first-order valence-electron chi connectivity index (χ1n) is 7.25. The molecule has 0 aliphatic heterocycles. The number of nitrogens with zero attached hydrogens (tertiary/aromatic N) is 5. The monoisotopic (exact) mass is 315 g/mol. The van der Waals surface area contributed by atoms with Crippen LogP contribution in [0.25, 0.3) is 11.5 Å². The summed E-state index contributed by atoms with van der Waals surface area (Å²) in [6, 6.07) is 2.88. The van der Waals surface area contributed by atoms with Crippen molar-refractivity contribution in [1.82, 2.24) is 24.5 Å². The zero-order valence-electron chi connectivity index (χ0n) is 12.4. The molecule has 0 aliphatic rings. The van der Waals surface area contributed by atoms with E-state index in [1.165, 1.54) is 24.7 Å². The Morgan fingerprint density at radius 2 is 2.04 bits per heavy atom. The number of aromatic nitrogens is 5. The standard InChI is InChI=1S/C16H15F2N5/c17-5-1-3-12-9-19-11-22-14(12)10-23-8-7-21-16(23)15-13(18)4-2-6-20-15/h2,4,6-9,11H,1,3,5,10H2. The molecule has 118 valence electrons. The number of pyridine rings is 1. The zero-order chi connectivity index (χ0) is 16.1. The highest BCUT2D eigenvalue weighted by molar-refractivity contribution is 5.50. The molecule has 0 atom stereocenters. The maximum Gasteiger partial charge on any atom is 0.162 e. The quantitative estimate of drug-likeness (QED) is 0.702. The molecule has 0 bridgehead atoms. The SMILES string of the molecule is FCCCc1cncnc1Cn1ccnc1-c1ncccc1F. The van der Waals surface area contributed by atoms with E-state index in [1.54, 1.807) is 23.2 Å². The van der Waals surface area contributed by atoms with Gasteiger partial charge in [-0.3, -0.25) is 4.39 Å². The lowest BCUT2D eigenvalue weighted by Gasteiger charge is -2.10. The van der Waals surface area contributed by atoms with Gasteiger partial charge in [-0.05, 0) is 30.5 Å². The molecule has 5 nitrogen and oxygen atoms in total. The normalized spacial score (nSPS) is 10.9. The maximum atomic E-state index is 13.9. The first-order chi connectivity index (χ1) is 11.3. The van der Waals surface area contributed by atoms with E-state index in [2.05, 4.69) is 19.9 Å². The Hall–Kier alpha value is -2.70. The molecule has 23 heavy (non-hydrogen) atoms. The van der Waals surface area contributed by atoms with Gasteiger partial charge in [0.1, 0.15) is 12.0 Å². The van der Waals surface area contributed by atoms with E-state index in [1.807, 2.05) is 0 Å². The van der Waals surface area contributed by atoms with Crippen LogP contribution in [-0.2, 0) is 13.0 Å². The molecule has 0 saturated carbocycles. The van der Waals surface area contributed by atoms with E-state index in [-0.39, 0.29) is 12.4 Å². The number of alkyl halides is 1. The van der Waals surface area contributed by atoms with Crippen LogP contribution in [0.15, 0.2) is 43.2 Å². The Morgan fingerprint density at radius 3 is 2.87 bits per heavy atom. The van der Waals surface area contributed by atoms with Crippen LogP contribution in [-0.4, -0.2) is 31.2 Å². The van der Waals surface area contributed by atoms with Crippen molar-refractivity contribution in [2.24, 2.45) is 0 Å². The Labute approximate surface area is 132 Å². The number of hydrogen-bond donors (Lipinski definition) is 0. The molecule has 0 aromatic carbocycles. The van der Waals surface area contributed by atoms with Crippen molar-refractivity contribution in [1.29, 1.82) is 0 Å². The summed E-state index contributed by atoms with van der Waals surface area (Å²) in [5.74, 6) is -0.00144. The van der Waals surface area contributed by atoms with E-state index < -0.39 is 5.82 Å². The first kappa shape index (κ1) is 15.2. The summed E-state index contributed by atoms with van der Waals surface area (Å²) in [5.41, 5.74) is 1.84. The average Bonchev–Trinajstić information content (AvgIpc) is 3.02. The molecule has 0 saturated heterocycles. The van der Waals surface area contributed by atoms with Crippen LogP contribution in [0.3, 0.4) is 0 Å². The van der Waals surface area contributed by atoms with E-state index >= 15 is 0 Å². The Morgan fingerprint density at radius 1 is 1.13 bits per heavy atom. The summed E-state index contributed by atoms with van der Waals surface area (Å²) in [5, 5.41) is 0. The summed E-state index contributed by atoms with van der Waals surface area (Å²) < 4.78 is 28.1. The molecule has 0 fully saturated rings. The molecule has 0 unspecified atom stereocenters. The van der Waals surface area contributed by atoms with Crippen molar-refractivity contribution in [3.05, 3.63) is 60.3 Å². The molecule has 7 heteroatoms. The molecule has 3 aromatic heterocycles. The highest BCUT2D eigenvalue weighted by Crippen LogP contribution is 2.19. The highest BCUT2D eigenvalue weighted by Gasteiger charge is 2.14. The summed E-state index contributed by atoms with van der Waals surface area (Å²) >= 11 is 0. The van der Waals surface area contributed by atoms with Gasteiger partial charge in [-0.1, -0.05) is 0 Å². The smallest absolute Gasteiger partial charge is 0.162 e. The Balaban J connectivity index is 1.91. The lowest BCUT2D eigenvalue weighted by Crippen LogP contribution is -2.08. The fraction of sp³-hybridized carbons (Fsp3) is 0.250. The molecule has 0 radical (unpaired) electrons. The van der Waals surface area contributed by atoms with Crippen LogP contribution in [0.1, 0.15) is 17.7 Å². The molecular formula is C16H15F2N5. The van der Waals surface area contributed by atoms with Gasteiger partial charge in [0.2, 0.25) is 0 Å². The van der Waals surface area contributed by atoms with Gasteiger partial charge in [-0.2, -0.15) is 0 Å². The van der Waals surface area contributed by atoms with Crippen LogP contribution in [0.2, 0.25) is 0 Å². The van der Waals surface area contributed by atoms with Gasteiger partial charge in [0.25, 0.3) is 0 Å². The number of halogens is 2. The van der Waals surface area contributed by atoms with Crippen molar-refractivity contribution in [3.8, 4) is 11.5 Å². The van der Waals surface area contributed by atoms with Crippen LogP contribution < -0.4 is 0 Å². The fourth-order valence-corrected chi connectivity index (χ4v) is 2.36. The first-order valence-corrected chi connectivity index (χ1v) is 7.25. The second kappa shape index (κ2) is 7.04. The largest absolute Gasteiger partial charge is 0.324 e. The second-order valence-electron chi connectivity index (χ2n) is 5.00. The van der Waals surface area contributed by atoms with Gasteiger partial charge in [-0.15, -0.1) is 0 Å². The van der Waals surface area contributed by atoms with E-state index in [0.29, 0.717) is 25.2 Å². The third kappa shape index (κ3) is 3.39. The van der Waals surface area contributed by atoms with Crippen LogP contribution >= 0.6 is 0 Å². The molecule has 3 aromatic rings. The van der Waals surface area contributed by atoms with Gasteiger partial charge < -0.3 is 4.57 Å². The summed E-state index contributed by atoms with van der Waals surface area (Å²) in [4.78, 5) is 16.5. The topological polar surface area (TPSA) is 56.5 Å². The molecule has 3 rings (SSSR count). The van der Waals surface area contributed by atoms with Gasteiger partial charge in [0, 0.05) is 24.8 Å². The van der Waals surface area contributed by atoms with Crippen molar-refractivity contribution in [2.45, 2.75) is 19.4 Å². The summed E-state index contributed by atoms with van der Waals surface area (Å²) in [7, 11) is 0. The number of aryl methyl sites for hydroxylation is 1. The molecule has 0 amide bonds. The Kier molecular flexibility index (Phi) is 4.65. The summed E-state index contributed by atoms with van der Waals surface area (Å²) in [6.45, 7) is 0.0132. The van der Waals surface area contributed by atoms with E-state index in [4.69, 9.17) is 0 Å². The predicted octanol–water partition coefficient (Wildman–Crippen LogP) is 2.82. The molecular weight excluding hydrogens is 300 g/mol. The maximum absolute atomic E-state index is 13.9.